The maximum Gasteiger partial charge on any atom is 0.168 e. The summed E-state index contributed by atoms with van der Waals surface area (Å²) in [6.07, 6.45) is 5.49. The van der Waals surface area contributed by atoms with E-state index in [4.69, 9.17) is 9.47 Å². The van der Waals surface area contributed by atoms with E-state index in [0.29, 0.717) is 19.6 Å². The van der Waals surface area contributed by atoms with Crippen LogP contribution in [0.15, 0.2) is 12.7 Å². The number of rotatable bonds is 7. The normalized spacial score (nSPS) is 19.0. The molecule has 1 rings (SSSR count). The zero-order chi connectivity index (χ0) is 11.1. The smallest absolute Gasteiger partial charge is 0.168 e. The third-order valence-corrected chi connectivity index (χ3v) is 2.65. The summed E-state index contributed by atoms with van der Waals surface area (Å²) in [6, 6.07) is 0. The number of hydrogen-bond acceptors (Lipinski definition) is 3. The van der Waals surface area contributed by atoms with Crippen LogP contribution < -0.4 is 0 Å². The van der Waals surface area contributed by atoms with Gasteiger partial charge in [0.2, 0.25) is 0 Å². The zero-order valence-corrected chi connectivity index (χ0v) is 9.46. The second kappa shape index (κ2) is 6.03. The van der Waals surface area contributed by atoms with Crippen molar-refractivity contribution in [2.24, 2.45) is 0 Å². The van der Waals surface area contributed by atoms with E-state index >= 15 is 0 Å². The van der Waals surface area contributed by atoms with Crippen LogP contribution >= 0.6 is 0 Å². The first-order valence-electron chi connectivity index (χ1n) is 5.65. The van der Waals surface area contributed by atoms with Gasteiger partial charge in [0.15, 0.2) is 11.6 Å². The van der Waals surface area contributed by atoms with Gasteiger partial charge in [-0.3, -0.25) is 4.79 Å². The van der Waals surface area contributed by atoms with Crippen molar-refractivity contribution in [3.8, 4) is 0 Å². The summed E-state index contributed by atoms with van der Waals surface area (Å²) >= 11 is 0. The molecule has 3 nitrogen and oxygen atoms in total. The third kappa shape index (κ3) is 3.76. The Morgan fingerprint density at radius 3 is 2.60 bits per heavy atom. The molecule has 0 aromatic rings. The molecule has 0 bridgehead atoms. The van der Waals surface area contributed by atoms with E-state index in [1.807, 2.05) is 0 Å². The van der Waals surface area contributed by atoms with Crippen molar-refractivity contribution in [1.29, 1.82) is 0 Å². The molecule has 0 aromatic carbocycles. The highest BCUT2D eigenvalue weighted by atomic mass is 16.7. The van der Waals surface area contributed by atoms with Crippen LogP contribution in [-0.4, -0.2) is 24.8 Å². The van der Waals surface area contributed by atoms with E-state index in [0.717, 1.165) is 25.7 Å². The average molecular weight is 212 g/mol. The maximum atomic E-state index is 11.0. The van der Waals surface area contributed by atoms with Gasteiger partial charge in [0.25, 0.3) is 0 Å². The molecule has 1 aliphatic rings. The Morgan fingerprint density at radius 2 is 2.07 bits per heavy atom. The fraction of sp³-hybridized carbons (Fsp3) is 0.750. The van der Waals surface area contributed by atoms with Crippen molar-refractivity contribution in [1.82, 2.24) is 0 Å². The summed E-state index contributed by atoms with van der Waals surface area (Å²) in [5, 5.41) is 0. The Hall–Kier alpha value is -0.670. The second-order valence-electron chi connectivity index (χ2n) is 3.88. The minimum Gasteiger partial charge on any atom is -0.348 e. The van der Waals surface area contributed by atoms with Gasteiger partial charge in [-0.25, -0.2) is 0 Å². The number of hydrogen-bond donors (Lipinski definition) is 0. The zero-order valence-electron chi connectivity index (χ0n) is 9.46. The van der Waals surface area contributed by atoms with Crippen molar-refractivity contribution in [2.75, 3.05) is 13.2 Å². The van der Waals surface area contributed by atoms with E-state index in [1.54, 1.807) is 0 Å². The van der Waals surface area contributed by atoms with Gasteiger partial charge in [0, 0.05) is 19.3 Å². The van der Waals surface area contributed by atoms with E-state index in [-0.39, 0.29) is 5.78 Å². The van der Waals surface area contributed by atoms with Gasteiger partial charge in [-0.1, -0.05) is 19.9 Å². The third-order valence-electron chi connectivity index (χ3n) is 2.65. The van der Waals surface area contributed by atoms with Crippen molar-refractivity contribution >= 4 is 5.78 Å². The molecule has 0 aromatic heterocycles. The van der Waals surface area contributed by atoms with Crippen LogP contribution in [-0.2, 0) is 14.3 Å². The Morgan fingerprint density at radius 1 is 1.40 bits per heavy atom. The lowest BCUT2D eigenvalue weighted by Crippen LogP contribution is -2.29. The summed E-state index contributed by atoms with van der Waals surface area (Å²) in [5.74, 6) is -0.310. The SMILES string of the molecule is C=CC(=O)CCCC1(CCC)OCCO1. The minimum atomic E-state index is -0.407. The van der Waals surface area contributed by atoms with Crippen LogP contribution in [0.1, 0.15) is 39.0 Å². The van der Waals surface area contributed by atoms with Crippen LogP contribution in [0.5, 0.6) is 0 Å². The summed E-state index contributed by atoms with van der Waals surface area (Å²) in [6.45, 7) is 6.92. The second-order valence-corrected chi connectivity index (χ2v) is 3.88. The van der Waals surface area contributed by atoms with Gasteiger partial charge in [-0.15, -0.1) is 0 Å². The topological polar surface area (TPSA) is 35.5 Å². The Kier molecular flexibility index (Phi) is 4.99. The van der Waals surface area contributed by atoms with Crippen LogP contribution in [0.3, 0.4) is 0 Å². The standard InChI is InChI=1S/C12H20O3/c1-3-7-12(14-9-10-15-12)8-5-6-11(13)4-2/h4H,2-3,5-10H2,1H3. The molecule has 1 aliphatic heterocycles. The van der Waals surface area contributed by atoms with Gasteiger partial charge < -0.3 is 9.47 Å². The van der Waals surface area contributed by atoms with Gasteiger partial charge in [0.05, 0.1) is 13.2 Å². The first kappa shape index (κ1) is 12.4. The summed E-state index contributed by atoms with van der Waals surface area (Å²) in [4.78, 5) is 11.0. The molecule has 1 fully saturated rings. The van der Waals surface area contributed by atoms with Crippen LogP contribution in [0, 0.1) is 0 Å². The highest BCUT2D eigenvalue weighted by Gasteiger charge is 2.34. The molecule has 0 saturated carbocycles. The highest BCUT2D eigenvalue weighted by Crippen LogP contribution is 2.30. The molecule has 15 heavy (non-hydrogen) atoms. The quantitative estimate of drug-likeness (QED) is 0.608. The molecule has 0 atom stereocenters. The van der Waals surface area contributed by atoms with Crippen molar-refractivity contribution in [3.63, 3.8) is 0 Å². The molecule has 0 aliphatic carbocycles. The Balaban J connectivity index is 2.32. The van der Waals surface area contributed by atoms with Crippen LogP contribution in [0.25, 0.3) is 0 Å². The lowest BCUT2D eigenvalue weighted by molar-refractivity contribution is -0.167. The number of ketones is 1. The van der Waals surface area contributed by atoms with Crippen LogP contribution in [0.2, 0.25) is 0 Å². The average Bonchev–Trinajstić information content (AvgIpc) is 2.67. The molecule has 1 saturated heterocycles. The lowest BCUT2D eigenvalue weighted by atomic mass is 10.0. The van der Waals surface area contributed by atoms with E-state index < -0.39 is 5.79 Å². The maximum absolute atomic E-state index is 11.0. The summed E-state index contributed by atoms with van der Waals surface area (Å²) in [5.41, 5.74) is 0. The fourth-order valence-corrected chi connectivity index (χ4v) is 1.93. The Labute approximate surface area is 91.4 Å². The number of ether oxygens (including phenoxy) is 2. The largest absolute Gasteiger partial charge is 0.348 e. The van der Waals surface area contributed by atoms with Gasteiger partial charge in [0.1, 0.15) is 0 Å². The fourth-order valence-electron chi connectivity index (χ4n) is 1.93. The molecule has 1 heterocycles. The van der Waals surface area contributed by atoms with Gasteiger partial charge in [-0.2, -0.15) is 0 Å². The molecular weight excluding hydrogens is 192 g/mol. The van der Waals surface area contributed by atoms with E-state index in [9.17, 15) is 4.79 Å². The molecule has 0 radical (unpaired) electrons. The summed E-state index contributed by atoms with van der Waals surface area (Å²) < 4.78 is 11.3. The Bertz CT molecular complexity index is 217. The molecule has 0 spiro atoms. The first-order chi connectivity index (χ1) is 7.22. The molecule has 86 valence electrons. The monoisotopic (exact) mass is 212 g/mol. The lowest BCUT2D eigenvalue weighted by Gasteiger charge is -2.26. The van der Waals surface area contributed by atoms with E-state index in [1.165, 1.54) is 6.08 Å². The van der Waals surface area contributed by atoms with Crippen molar-refractivity contribution < 1.29 is 14.3 Å². The predicted octanol–water partition coefficient (Wildman–Crippen LogP) is 2.46. The van der Waals surface area contributed by atoms with Crippen molar-refractivity contribution in [3.05, 3.63) is 12.7 Å². The number of carbonyl (C=O) groups is 1. The predicted molar refractivity (Wildman–Crippen MR) is 58.6 cm³/mol. The molecule has 0 unspecified atom stereocenters. The van der Waals surface area contributed by atoms with Gasteiger partial charge >= 0.3 is 0 Å². The molecule has 0 amide bonds. The van der Waals surface area contributed by atoms with Gasteiger partial charge in [-0.05, 0) is 12.5 Å². The van der Waals surface area contributed by atoms with Crippen molar-refractivity contribution in [2.45, 2.75) is 44.8 Å². The summed E-state index contributed by atoms with van der Waals surface area (Å²) in [7, 11) is 0. The number of carbonyl (C=O) groups excluding carboxylic acids is 1. The molecule has 0 N–H and O–H groups in total. The molecule has 3 heteroatoms. The van der Waals surface area contributed by atoms with Crippen LogP contribution in [0.4, 0.5) is 0 Å². The first-order valence-corrected chi connectivity index (χ1v) is 5.65. The van der Waals surface area contributed by atoms with E-state index in [2.05, 4.69) is 13.5 Å². The minimum absolute atomic E-state index is 0.0969. The highest BCUT2D eigenvalue weighted by molar-refractivity contribution is 5.88. The molecular formula is C12H20O3. The number of allylic oxidation sites excluding steroid dienone is 1.